The molecule has 2 heterocycles. The molecular formula is C20H24N2O3S. The molecule has 0 spiro atoms. The summed E-state index contributed by atoms with van der Waals surface area (Å²) in [6, 6.07) is 0. The molecular weight excluding hydrogens is 348 g/mol. The summed E-state index contributed by atoms with van der Waals surface area (Å²) in [5.74, 6) is 0.308. The number of fused-ring (bicyclic) bond motifs is 6. The van der Waals surface area contributed by atoms with Crippen LogP contribution in [0, 0.1) is 29.6 Å². The second kappa shape index (κ2) is 5.65. The van der Waals surface area contributed by atoms with Gasteiger partial charge in [-0.1, -0.05) is 13.3 Å². The lowest BCUT2D eigenvalue weighted by atomic mass is 9.81. The summed E-state index contributed by atoms with van der Waals surface area (Å²) < 4.78 is 0. The molecule has 4 aliphatic rings. The highest BCUT2D eigenvalue weighted by molar-refractivity contribution is 7.17. The Labute approximate surface area is 156 Å². The quantitative estimate of drug-likeness (QED) is 0.829. The van der Waals surface area contributed by atoms with Crippen LogP contribution in [0.25, 0.3) is 0 Å². The molecule has 0 aromatic carbocycles. The average molecular weight is 372 g/mol. The van der Waals surface area contributed by atoms with Gasteiger partial charge in [-0.25, -0.2) is 4.90 Å². The number of hydrogen-bond donors (Lipinski definition) is 1. The van der Waals surface area contributed by atoms with Crippen molar-refractivity contribution < 1.29 is 14.4 Å². The van der Waals surface area contributed by atoms with Crippen LogP contribution in [-0.2, 0) is 22.4 Å². The van der Waals surface area contributed by atoms with Gasteiger partial charge in [0.05, 0.1) is 17.4 Å². The number of anilines is 1. The van der Waals surface area contributed by atoms with Crippen molar-refractivity contribution in [1.29, 1.82) is 0 Å². The van der Waals surface area contributed by atoms with Crippen molar-refractivity contribution in [2.75, 3.05) is 4.90 Å². The third kappa shape index (κ3) is 2.05. The van der Waals surface area contributed by atoms with Crippen molar-refractivity contribution in [3.8, 4) is 0 Å². The van der Waals surface area contributed by atoms with E-state index in [9.17, 15) is 14.4 Å². The first-order chi connectivity index (χ1) is 12.5. The number of hydrogen-bond acceptors (Lipinski definition) is 4. The highest BCUT2D eigenvalue weighted by Gasteiger charge is 2.61. The maximum Gasteiger partial charge on any atom is 0.252 e. The number of amides is 3. The molecule has 2 bridgehead atoms. The molecule has 1 saturated heterocycles. The van der Waals surface area contributed by atoms with Crippen molar-refractivity contribution in [3.63, 3.8) is 0 Å². The number of nitrogens with zero attached hydrogens (tertiary/aromatic N) is 1. The molecule has 1 aliphatic heterocycles. The Morgan fingerprint density at radius 1 is 1.15 bits per heavy atom. The summed E-state index contributed by atoms with van der Waals surface area (Å²) in [5.41, 5.74) is 7.14. The van der Waals surface area contributed by atoms with Crippen molar-refractivity contribution in [2.45, 2.75) is 51.9 Å². The SMILES string of the molecule is CC[C@@H]1CCc2c(sc(N3C(=O)[C@H]4[C@@H]5CC[C@@H](C5)[C@@H]4C3=O)c2C(N)=O)C1. The first kappa shape index (κ1) is 16.5. The second-order valence-electron chi connectivity index (χ2n) is 8.46. The third-order valence-electron chi connectivity index (χ3n) is 7.30. The van der Waals surface area contributed by atoms with Gasteiger partial charge in [-0.05, 0) is 61.8 Å². The topological polar surface area (TPSA) is 80.5 Å². The van der Waals surface area contributed by atoms with Crippen molar-refractivity contribution in [2.24, 2.45) is 35.3 Å². The summed E-state index contributed by atoms with van der Waals surface area (Å²) in [7, 11) is 0. The van der Waals surface area contributed by atoms with E-state index in [-0.39, 0.29) is 23.7 Å². The summed E-state index contributed by atoms with van der Waals surface area (Å²) in [5, 5.41) is 0.517. The Morgan fingerprint density at radius 3 is 2.38 bits per heavy atom. The largest absolute Gasteiger partial charge is 0.365 e. The molecule has 1 aromatic rings. The summed E-state index contributed by atoms with van der Waals surface area (Å²) in [6.45, 7) is 2.18. The molecule has 3 fully saturated rings. The lowest BCUT2D eigenvalue weighted by molar-refractivity contribution is -0.123. The molecule has 2 saturated carbocycles. The number of primary amides is 1. The van der Waals surface area contributed by atoms with E-state index < -0.39 is 5.91 Å². The monoisotopic (exact) mass is 372 g/mol. The first-order valence-corrected chi connectivity index (χ1v) is 10.6. The molecule has 3 amide bonds. The average Bonchev–Trinajstić information content (AvgIpc) is 3.35. The van der Waals surface area contributed by atoms with Gasteiger partial charge in [0.25, 0.3) is 5.91 Å². The standard InChI is InChI=1S/C20H24N2O3S/c1-2-9-3-6-12-13(7-9)26-20(16(12)17(21)23)22-18(24)14-10-4-5-11(8-10)15(14)19(22)25/h9-11,14-15H,2-8H2,1H3,(H2,21,23)/t9-,10-,11+,14+,15+/m1/s1. The zero-order chi connectivity index (χ0) is 18.2. The van der Waals surface area contributed by atoms with Gasteiger partial charge in [0.15, 0.2) is 0 Å². The molecule has 6 heteroatoms. The van der Waals surface area contributed by atoms with Gasteiger partial charge in [0.2, 0.25) is 11.8 Å². The van der Waals surface area contributed by atoms with E-state index in [4.69, 9.17) is 5.73 Å². The zero-order valence-corrected chi connectivity index (χ0v) is 15.8. The summed E-state index contributed by atoms with van der Waals surface area (Å²) >= 11 is 1.46. The molecule has 3 aliphatic carbocycles. The maximum absolute atomic E-state index is 13.2. The van der Waals surface area contributed by atoms with Crippen LogP contribution < -0.4 is 10.6 Å². The van der Waals surface area contributed by atoms with Crippen molar-refractivity contribution >= 4 is 34.1 Å². The predicted molar refractivity (Wildman–Crippen MR) is 98.9 cm³/mol. The summed E-state index contributed by atoms with van der Waals surface area (Å²) in [6.07, 6.45) is 7.01. The number of nitrogens with two attached hydrogens (primary N) is 1. The fourth-order valence-corrected chi connectivity index (χ4v) is 7.49. The van der Waals surface area contributed by atoms with E-state index >= 15 is 0 Å². The highest BCUT2D eigenvalue weighted by Crippen LogP contribution is 2.57. The molecule has 5 atom stereocenters. The van der Waals surface area contributed by atoms with Crippen LogP contribution in [-0.4, -0.2) is 17.7 Å². The smallest absolute Gasteiger partial charge is 0.252 e. The molecule has 138 valence electrons. The van der Waals surface area contributed by atoms with Gasteiger partial charge in [0, 0.05) is 4.88 Å². The Morgan fingerprint density at radius 2 is 1.81 bits per heavy atom. The van der Waals surface area contributed by atoms with Crippen LogP contribution in [0.5, 0.6) is 0 Å². The number of carbonyl (C=O) groups is 3. The van der Waals surface area contributed by atoms with E-state index in [1.807, 2.05) is 0 Å². The number of imide groups is 1. The van der Waals surface area contributed by atoms with Crippen LogP contribution in [0.1, 0.15) is 59.8 Å². The normalized spacial score (nSPS) is 35.1. The second-order valence-corrected chi connectivity index (χ2v) is 9.55. The van der Waals surface area contributed by atoms with E-state index in [1.54, 1.807) is 0 Å². The predicted octanol–water partition coefficient (Wildman–Crippen LogP) is 2.90. The summed E-state index contributed by atoms with van der Waals surface area (Å²) in [4.78, 5) is 41.1. The van der Waals surface area contributed by atoms with Gasteiger partial charge in [-0.3, -0.25) is 14.4 Å². The van der Waals surface area contributed by atoms with Crippen LogP contribution in [0.4, 0.5) is 5.00 Å². The van der Waals surface area contributed by atoms with Crippen LogP contribution in [0.2, 0.25) is 0 Å². The number of carbonyl (C=O) groups excluding carboxylic acids is 3. The minimum absolute atomic E-state index is 0.0830. The molecule has 26 heavy (non-hydrogen) atoms. The number of rotatable bonds is 3. The maximum atomic E-state index is 13.2. The Bertz CT molecular complexity index is 801. The molecule has 0 unspecified atom stereocenters. The Hall–Kier alpha value is -1.69. The van der Waals surface area contributed by atoms with Crippen LogP contribution in [0.15, 0.2) is 0 Å². The molecule has 1 aromatic heterocycles. The fraction of sp³-hybridized carbons (Fsp3) is 0.650. The minimum Gasteiger partial charge on any atom is -0.365 e. The van der Waals surface area contributed by atoms with E-state index in [0.29, 0.717) is 28.3 Å². The first-order valence-electron chi connectivity index (χ1n) is 9.83. The molecule has 0 radical (unpaired) electrons. The third-order valence-corrected chi connectivity index (χ3v) is 8.54. The van der Waals surface area contributed by atoms with Gasteiger partial charge in [-0.15, -0.1) is 11.3 Å². The lowest BCUT2D eigenvalue weighted by Crippen LogP contribution is -2.33. The van der Waals surface area contributed by atoms with Crippen LogP contribution >= 0.6 is 11.3 Å². The van der Waals surface area contributed by atoms with Gasteiger partial charge in [-0.2, -0.15) is 0 Å². The zero-order valence-electron chi connectivity index (χ0n) is 15.0. The van der Waals surface area contributed by atoms with Crippen molar-refractivity contribution in [1.82, 2.24) is 0 Å². The number of thiophene rings is 1. The van der Waals surface area contributed by atoms with Gasteiger partial charge < -0.3 is 5.73 Å². The Kier molecular flexibility index (Phi) is 3.58. The molecule has 2 N–H and O–H groups in total. The highest BCUT2D eigenvalue weighted by atomic mass is 32.1. The fourth-order valence-electron chi connectivity index (χ4n) is 6.01. The van der Waals surface area contributed by atoms with Crippen LogP contribution in [0.3, 0.4) is 0 Å². The molecule has 5 rings (SSSR count). The lowest BCUT2D eigenvalue weighted by Gasteiger charge is -2.20. The van der Waals surface area contributed by atoms with E-state index in [1.165, 1.54) is 16.2 Å². The van der Waals surface area contributed by atoms with Gasteiger partial charge in [0.1, 0.15) is 5.00 Å². The van der Waals surface area contributed by atoms with E-state index in [2.05, 4.69) is 6.92 Å². The van der Waals surface area contributed by atoms with E-state index in [0.717, 1.165) is 55.4 Å². The minimum atomic E-state index is -0.506. The van der Waals surface area contributed by atoms with Crippen molar-refractivity contribution in [3.05, 3.63) is 16.0 Å². The Balaban J connectivity index is 1.58. The van der Waals surface area contributed by atoms with Gasteiger partial charge >= 0.3 is 0 Å². The molecule has 5 nitrogen and oxygen atoms in total.